The van der Waals surface area contributed by atoms with Crippen LogP contribution in [0.4, 0.5) is 13.2 Å². The lowest BCUT2D eigenvalue weighted by atomic mass is 9.74. The summed E-state index contributed by atoms with van der Waals surface area (Å²) < 4.78 is 42.3. The zero-order valence-corrected chi connectivity index (χ0v) is 11.9. The molecule has 1 aliphatic heterocycles. The Morgan fingerprint density at radius 1 is 1.24 bits per heavy atom. The van der Waals surface area contributed by atoms with Gasteiger partial charge in [-0.3, -0.25) is 4.79 Å². The predicted molar refractivity (Wildman–Crippen MR) is 72.2 cm³/mol. The Kier molecular flexibility index (Phi) is 4.78. The average molecular weight is 322 g/mol. The van der Waals surface area contributed by atoms with Crippen molar-refractivity contribution in [1.82, 2.24) is 5.32 Å². The van der Waals surface area contributed by atoms with Crippen LogP contribution < -0.4 is 5.32 Å². The summed E-state index contributed by atoms with van der Waals surface area (Å²) in [6.45, 7) is 0.825. The van der Waals surface area contributed by atoms with E-state index in [1.54, 1.807) is 24.3 Å². The summed E-state index contributed by atoms with van der Waals surface area (Å²) in [6, 6.07) is 6.96. The maximum Gasteiger partial charge on any atom is 0.471 e. The van der Waals surface area contributed by atoms with Crippen LogP contribution in [0.1, 0.15) is 18.4 Å². The SMILES string of the molecule is O=C(NCC1(c2ccc(Cl)cc2)CCOCC1)C(F)(F)F. The molecule has 0 atom stereocenters. The highest BCUT2D eigenvalue weighted by Gasteiger charge is 2.41. The first-order valence-corrected chi connectivity index (χ1v) is 6.90. The van der Waals surface area contributed by atoms with Crippen LogP contribution in [0, 0.1) is 0 Å². The van der Waals surface area contributed by atoms with E-state index in [1.165, 1.54) is 0 Å². The number of amides is 1. The molecule has 0 radical (unpaired) electrons. The van der Waals surface area contributed by atoms with Gasteiger partial charge in [0.2, 0.25) is 0 Å². The van der Waals surface area contributed by atoms with Crippen molar-refractivity contribution in [2.24, 2.45) is 0 Å². The van der Waals surface area contributed by atoms with Gasteiger partial charge in [0.25, 0.3) is 0 Å². The van der Waals surface area contributed by atoms with Crippen LogP contribution in [0.15, 0.2) is 24.3 Å². The highest BCUT2D eigenvalue weighted by atomic mass is 35.5. The van der Waals surface area contributed by atoms with Gasteiger partial charge in [-0.2, -0.15) is 13.2 Å². The van der Waals surface area contributed by atoms with E-state index in [9.17, 15) is 18.0 Å². The molecule has 0 saturated carbocycles. The van der Waals surface area contributed by atoms with Crippen molar-refractivity contribution in [2.45, 2.75) is 24.4 Å². The molecule has 1 amide bonds. The topological polar surface area (TPSA) is 38.3 Å². The van der Waals surface area contributed by atoms with E-state index in [2.05, 4.69) is 0 Å². The van der Waals surface area contributed by atoms with Crippen LogP contribution in [0.25, 0.3) is 0 Å². The van der Waals surface area contributed by atoms with Gasteiger partial charge < -0.3 is 10.1 Å². The minimum Gasteiger partial charge on any atom is -0.381 e. The monoisotopic (exact) mass is 321 g/mol. The highest BCUT2D eigenvalue weighted by Crippen LogP contribution is 2.35. The Morgan fingerprint density at radius 3 is 2.33 bits per heavy atom. The number of ether oxygens (including phenoxy) is 1. The minimum absolute atomic E-state index is 0.0731. The van der Waals surface area contributed by atoms with Crippen molar-refractivity contribution >= 4 is 17.5 Å². The summed E-state index contributed by atoms with van der Waals surface area (Å²) in [7, 11) is 0. The van der Waals surface area contributed by atoms with Crippen LogP contribution in [0.5, 0.6) is 0 Å². The van der Waals surface area contributed by atoms with E-state index in [0.29, 0.717) is 31.1 Å². The lowest BCUT2D eigenvalue weighted by Gasteiger charge is -2.38. The molecule has 1 aromatic carbocycles. The van der Waals surface area contributed by atoms with Crippen LogP contribution in [0.2, 0.25) is 5.02 Å². The standard InChI is InChI=1S/C14H15ClF3NO2/c15-11-3-1-10(2-4-11)13(5-7-21-8-6-13)9-19-12(20)14(16,17)18/h1-4H,5-9H2,(H,19,20). The zero-order valence-electron chi connectivity index (χ0n) is 11.2. The number of benzene rings is 1. The van der Waals surface area contributed by atoms with Gasteiger partial charge in [-0.15, -0.1) is 0 Å². The van der Waals surface area contributed by atoms with Crippen molar-refractivity contribution in [3.8, 4) is 0 Å². The number of carbonyl (C=O) groups excluding carboxylic acids is 1. The zero-order chi connectivity index (χ0) is 15.5. The Labute approximate surface area is 125 Å². The molecular formula is C14H15ClF3NO2. The van der Waals surface area contributed by atoms with Gasteiger partial charge >= 0.3 is 12.1 Å². The fourth-order valence-electron chi connectivity index (χ4n) is 2.48. The van der Waals surface area contributed by atoms with Crippen LogP contribution in [0.3, 0.4) is 0 Å². The molecule has 0 aliphatic carbocycles. The molecule has 1 aliphatic rings. The number of rotatable bonds is 3. The summed E-state index contributed by atoms with van der Waals surface area (Å²) in [5.74, 6) is -1.91. The normalized spacial score (nSPS) is 18.3. The molecule has 7 heteroatoms. The molecule has 1 aromatic rings. The number of alkyl halides is 3. The van der Waals surface area contributed by atoms with Crippen molar-refractivity contribution < 1.29 is 22.7 Å². The molecular weight excluding hydrogens is 307 g/mol. The first kappa shape index (κ1) is 16.1. The van der Waals surface area contributed by atoms with E-state index in [1.807, 2.05) is 5.32 Å². The number of halogens is 4. The van der Waals surface area contributed by atoms with Gasteiger partial charge in [-0.25, -0.2) is 0 Å². The third-order valence-corrected chi connectivity index (χ3v) is 4.00. The molecule has 1 saturated heterocycles. The molecule has 1 N–H and O–H groups in total. The molecule has 21 heavy (non-hydrogen) atoms. The van der Waals surface area contributed by atoms with Gasteiger partial charge in [0.1, 0.15) is 0 Å². The fourth-order valence-corrected chi connectivity index (χ4v) is 2.61. The Morgan fingerprint density at radius 2 is 1.81 bits per heavy atom. The summed E-state index contributed by atoms with van der Waals surface area (Å²) in [6.07, 6.45) is -3.77. The summed E-state index contributed by atoms with van der Waals surface area (Å²) in [5, 5.41) is 2.55. The number of nitrogens with one attached hydrogen (secondary N) is 1. The van der Waals surface area contributed by atoms with Gasteiger partial charge in [0.05, 0.1) is 0 Å². The Balaban J connectivity index is 2.17. The van der Waals surface area contributed by atoms with E-state index in [0.717, 1.165) is 5.56 Å². The molecule has 0 spiro atoms. The summed E-state index contributed by atoms with van der Waals surface area (Å²) >= 11 is 5.84. The van der Waals surface area contributed by atoms with Gasteiger partial charge in [-0.1, -0.05) is 23.7 Å². The van der Waals surface area contributed by atoms with Gasteiger partial charge in [0, 0.05) is 30.2 Å². The molecule has 0 aromatic heterocycles. The van der Waals surface area contributed by atoms with E-state index < -0.39 is 17.5 Å². The van der Waals surface area contributed by atoms with Crippen molar-refractivity contribution in [3.05, 3.63) is 34.9 Å². The molecule has 1 heterocycles. The van der Waals surface area contributed by atoms with Crippen LogP contribution >= 0.6 is 11.6 Å². The third kappa shape index (κ3) is 3.89. The fraction of sp³-hybridized carbons (Fsp3) is 0.500. The van der Waals surface area contributed by atoms with Crippen LogP contribution in [-0.4, -0.2) is 31.8 Å². The maximum absolute atomic E-state index is 12.3. The van der Waals surface area contributed by atoms with Crippen molar-refractivity contribution in [3.63, 3.8) is 0 Å². The molecule has 0 unspecified atom stereocenters. The van der Waals surface area contributed by atoms with Crippen molar-refractivity contribution in [2.75, 3.05) is 19.8 Å². The van der Waals surface area contributed by atoms with Gasteiger partial charge in [-0.05, 0) is 30.5 Å². The van der Waals surface area contributed by atoms with Gasteiger partial charge in [0.15, 0.2) is 0 Å². The minimum atomic E-state index is -4.87. The molecule has 0 bridgehead atoms. The van der Waals surface area contributed by atoms with E-state index >= 15 is 0 Å². The molecule has 116 valence electrons. The first-order chi connectivity index (χ1) is 9.83. The van der Waals surface area contributed by atoms with E-state index in [-0.39, 0.29) is 6.54 Å². The quantitative estimate of drug-likeness (QED) is 0.929. The summed E-state index contributed by atoms with van der Waals surface area (Å²) in [4.78, 5) is 11.0. The number of carbonyl (C=O) groups is 1. The van der Waals surface area contributed by atoms with Crippen molar-refractivity contribution in [1.29, 1.82) is 0 Å². The Hall–Kier alpha value is -1.27. The Bertz CT molecular complexity index is 496. The summed E-state index contributed by atoms with van der Waals surface area (Å²) in [5.41, 5.74) is 0.307. The highest BCUT2D eigenvalue weighted by molar-refractivity contribution is 6.30. The first-order valence-electron chi connectivity index (χ1n) is 6.52. The molecule has 3 nitrogen and oxygen atoms in total. The predicted octanol–water partition coefficient (Wildman–Crippen LogP) is 3.07. The number of hydrogen-bond acceptors (Lipinski definition) is 2. The second-order valence-corrected chi connectivity index (χ2v) is 5.52. The second kappa shape index (κ2) is 6.23. The largest absolute Gasteiger partial charge is 0.471 e. The maximum atomic E-state index is 12.3. The molecule has 2 rings (SSSR count). The smallest absolute Gasteiger partial charge is 0.381 e. The lowest BCUT2D eigenvalue weighted by molar-refractivity contribution is -0.174. The van der Waals surface area contributed by atoms with E-state index in [4.69, 9.17) is 16.3 Å². The third-order valence-electron chi connectivity index (χ3n) is 3.75. The average Bonchev–Trinajstić information content (AvgIpc) is 2.45. The second-order valence-electron chi connectivity index (χ2n) is 5.08. The lowest BCUT2D eigenvalue weighted by Crippen LogP contribution is -2.47. The number of hydrogen-bond donors (Lipinski definition) is 1. The molecule has 1 fully saturated rings. The van der Waals surface area contributed by atoms with Crippen LogP contribution in [-0.2, 0) is 14.9 Å².